The normalized spacial score (nSPS) is 9.86. The monoisotopic (exact) mass is 283 g/mol. The van der Waals surface area contributed by atoms with Crippen molar-refractivity contribution >= 4 is 11.6 Å². The van der Waals surface area contributed by atoms with Crippen LogP contribution in [-0.2, 0) is 7.05 Å². The number of aliphatic hydroxyl groups is 1. The summed E-state index contributed by atoms with van der Waals surface area (Å²) in [6.45, 7) is 1.97. The number of aromatic nitrogens is 2. The molecule has 1 amide bonds. The minimum atomic E-state index is -0.202. The molecule has 1 aromatic carbocycles. The number of hydrogen-bond acceptors (Lipinski definition) is 3. The number of amides is 1. The second-order valence-electron chi connectivity index (χ2n) is 4.66. The lowest BCUT2D eigenvalue weighted by Crippen LogP contribution is -2.12. The Balaban J connectivity index is 2.17. The fourth-order valence-electron chi connectivity index (χ4n) is 1.79. The van der Waals surface area contributed by atoms with Gasteiger partial charge in [-0.15, -0.1) is 0 Å². The zero-order valence-electron chi connectivity index (χ0n) is 12.1. The van der Waals surface area contributed by atoms with E-state index in [-0.39, 0.29) is 12.5 Å². The topological polar surface area (TPSA) is 67.2 Å². The van der Waals surface area contributed by atoms with Gasteiger partial charge in [0.05, 0.1) is 18.4 Å². The average molecular weight is 283 g/mol. The number of aliphatic hydroxyl groups excluding tert-OH is 1. The van der Waals surface area contributed by atoms with E-state index in [1.54, 1.807) is 17.9 Å². The van der Waals surface area contributed by atoms with Crippen molar-refractivity contribution < 1.29 is 9.90 Å². The maximum atomic E-state index is 12.1. The molecule has 0 saturated heterocycles. The maximum Gasteiger partial charge on any atom is 0.258 e. The molecule has 21 heavy (non-hydrogen) atoms. The van der Waals surface area contributed by atoms with Crippen molar-refractivity contribution in [1.82, 2.24) is 9.78 Å². The van der Waals surface area contributed by atoms with Crippen LogP contribution in [0.4, 0.5) is 5.69 Å². The van der Waals surface area contributed by atoms with Crippen LogP contribution in [0.25, 0.3) is 0 Å². The van der Waals surface area contributed by atoms with E-state index < -0.39 is 0 Å². The first-order chi connectivity index (χ1) is 10.1. The Morgan fingerprint density at radius 2 is 2.29 bits per heavy atom. The highest BCUT2D eigenvalue weighted by Crippen LogP contribution is 2.17. The van der Waals surface area contributed by atoms with Crippen LogP contribution >= 0.6 is 0 Å². The minimum Gasteiger partial charge on any atom is -0.395 e. The molecule has 0 atom stereocenters. The maximum absolute atomic E-state index is 12.1. The van der Waals surface area contributed by atoms with Gasteiger partial charge in [-0.2, -0.15) is 5.10 Å². The summed E-state index contributed by atoms with van der Waals surface area (Å²) in [4.78, 5) is 12.1. The first-order valence-electron chi connectivity index (χ1n) is 6.60. The third-order valence-corrected chi connectivity index (χ3v) is 2.92. The zero-order chi connectivity index (χ0) is 15.2. The van der Waals surface area contributed by atoms with Gasteiger partial charge in [0, 0.05) is 30.9 Å². The van der Waals surface area contributed by atoms with E-state index in [4.69, 9.17) is 5.11 Å². The van der Waals surface area contributed by atoms with E-state index in [1.807, 2.05) is 25.1 Å². The van der Waals surface area contributed by atoms with Crippen molar-refractivity contribution in [2.24, 2.45) is 7.05 Å². The molecule has 0 aliphatic rings. The summed E-state index contributed by atoms with van der Waals surface area (Å²) in [5.74, 6) is 5.61. The molecular weight excluding hydrogens is 266 g/mol. The highest BCUT2D eigenvalue weighted by atomic mass is 16.2. The molecule has 0 aliphatic heterocycles. The second-order valence-corrected chi connectivity index (χ2v) is 4.66. The van der Waals surface area contributed by atoms with Gasteiger partial charge >= 0.3 is 0 Å². The van der Waals surface area contributed by atoms with Gasteiger partial charge in [-0.05, 0) is 24.6 Å². The first kappa shape index (κ1) is 14.8. The number of carbonyl (C=O) groups excluding carboxylic acids is 1. The van der Waals surface area contributed by atoms with Crippen LogP contribution in [0.15, 0.2) is 30.6 Å². The van der Waals surface area contributed by atoms with Crippen molar-refractivity contribution in [2.75, 3.05) is 11.9 Å². The smallest absolute Gasteiger partial charge is 0.258 e. The predicted molar refractivity (Wildman–Crippen MR) is 80.9 cm³/mol. The third kappa shape index (κ3) is 3.94. The van der Waals surface area contributed by atoms with E-state index in [9.17, 15) is 4.79 Å². The molecule has 108 valence electrons. The highest BCUT2D eigenvalue weighted by Gasteiger charge is 2.09. The van der Waals surface area contributed by atoms with E-state index in [1.165, 1.54) is 6.20 Å². The van der Waals surface area contributed by atoms with Crippen LogP contribution in [0.3, 0.4) is 0 Å². The van der Waals surface area contributed by atoms with Gasteiger partial charge in [-0.3, -0.25) is 9.48 Å². The molecular formula is C16H17N3O2. The molecule has 0 saturated carbocycles. The zero-order valence-corrected chi connectivity index (χ0v) is 12.1. The van der Waals surface area contributed by atoms with Crippen molar-refractivity contribution in [3.63, 3.8) is 0 Å². The lowest BCUT2D eigenvalue weighted by atomic mass is 10.1. The largest absolute Gasteiger partial charge is 0.395 e. The Morgan fingerprint density at radius 3 is 2.95 bits per heavy atom. The van der Waals surface area contributed by atoms with Gasteiger partial charge in [0.2, 0.25) is 0 Å². The van der Waals surface area contributed by atoms with Crippen LogP contribution in [-0.4, -0.2) is 27.4 Å². The average Bonchev–Trinajstić information content (AvgIpc) is 2.89. The number of nitrogens with one attached hydrogen (secondary N) is 1. The molecule has 0 aliphatic carbocycles. The van der Waals surface area contributed by atoms with Gasteiger partial charge in [0.1, 0.15) is 0 Å². The summed E-state index contributed by atoms with van der Waals surface area (Å²) in [7, 11) is 1.76. The van der Waals surface area contributed by atoms with E-state index in [0.717, 1.165) is 16.8 Å². The summed E-state index contributed by atoms with van der Waals surface area (Å²) in [6, 6.07) is 5.62. The van der Waals surface area contributed by atoms with Crippen LogP contribution in [0.2, 0.25) is 0 Å². The number of rotatable bonds is 3. The molecule has 5 nitrogen and oxygen atoms in total. The quantitative estimate of drug-likeness (QED) is 0.843. The number of aryl methyl sites for hydroxylation is 2. The lowest BCUT2D eigenvalue weighted by Gasteiger charge is -2.07. The Kier molecular flexibility index (Phi) is 4.75. The van der Waals surface area contributed by atoms with Crippen LogP contribution in [0, 0.1) is 18.8 Å². The first-order valence-corrected chi connectivity index (χ1v) is 6.60. The van der Waals surface area contributed by atoms with Gasteiger partial charge in [-0.25, -0.2) is 0 Å². The summed E-state index contributed by atoms with van der Waals surface area (Å²) < 4.78 is 1.58. The Bertz CT molecular complexity index is 708. The molecule has 1 aromatic heterocycles. The van der Waals surface area contributed by atoms with Crippen molar-refractivity contribution in [1.29, 1.82) is 0 Å². The van der Waals surface area contributed by atoms with Gasteiger partial charge in [-0.1, -0.05) is 17.9 Å². The van der Waals surface area contributed by atoms with Gasteiger partial charge in [0.15, 0.2) is 0 Å². The van der Waals surface area contributed by atoms with Crippen LogP contribution in [0.5, 0.6) is 0 Å². The molecule has 2 aromatic rings. The molecule has 0 bridgehead atoms. The Labute approximate surface area is 123 Å². The number of hydrogen-bond donors (Lipinski definition) is 2. The standard InChI is InChI=1S/C16H17N3O2/c1-12-6-7-13(5-3-4-8-20)9-15(12)18-16(21)14-10-17-19(2)11-14/h6-7,9-11,20H,4,8H2,1-2H3,(H,18,21). The van der Waals surface area contributed by atoms with Crippen LogP contribution < -0.4 is 5.32 Å². The van der Waals surface area contributed by atoms with E-state index in [0.29, 0.717) is 12.0 Å². The molecule has 2 N–H and O–H groups in total. The predicted octanol–water partition coefficient (Wildman–Crippen LogP) is 1.71. The van der Waals surface area contributed by atoms with Crippen molar-refractivity contribution in [3.05, 3.63) is 47.3 Å². The van der Waals surface area contributed by atoms with Gasteiger partial charge < -0.3 is 10.4 Å². The second kappa shape index (κ2) is 6.73. The highest BCUT2D eigenvalue weighted by molar-refractivity contribution is 6.04. The van der Waals surface area contributed by atoms with E-state index in [2.05, 4.69) is 22.3 Å². The van der Waals surface area contributed by atoms with Crippen LogP contribution in [0.1, 0.15) is 27.9 Å². The Morgan fingerprint density at radius 1 is 1.48 bits per heavy atom. The molecule has 2 rings (SSSR count). The van der Waals surface area contributed by atoms with Crippen molar-refractivity contribution in [2.45, 2.75) is 13.3 Å². The molecule has 0 unspecified atom stereocenters. The van der Waals surface area contributed by atoms with E-state index >= 15 is 0 Å². The summed E-state index contributed by atoms with van der Waals surface area (Å²) in [5.41, 5.74) is 2.99. The Hall–Kier alpha value is -2.58. The summed E-state index contributed by atoms with van der Waals surface area (Å²) >= 11 is 0. The fourth-order valence-corrected chi connectivity index (χ4v) is 1.79. The SMILES string of the molecule is Cc1ccc(C#CCCO)cc1NC(=O)c1cnn(C)c1. The summed E-state index contributed by atoms with van der Waals surface area (Å²) in [5, 5.41) is 15.6. The molecule has 0 spiro atoms. The lowest BCUT2D eigenvalue weighted by molar-refractivity contribution is 0.102. The summed E-state index contributed by atoms with van der Waals surface area (Å²) in [6.07, 6.45) is 3.62. The number of anilines is 1. The minimum absolute atomic E-state index is 0.0451. The number of carbonyl (C=O) groups is 1. The number of benzene rings is 1. The molecule has 1 heterocycles. The fraction of sp³-hybridized carbons (Fsp3) is 0.250. The molecule has 5 heteroatoms. The van der Waals surface area contributed by atoms with Crippen molar-refractivity contribution in [3.8, 4) is 11.8 Å². The molecule has 0 fully saturated rings. The van der Waals surface area contributed by atoms with Gasteiger partial charge in [0.25, 0.3) is 5.91 Å². The third-order valence-electron chi connectivity index (χ3n) is 2.92. The number of nitrogens with zero attached hydrogens (tertiary/aromatic N) is 2. The molecule has 0 radical (unpaired) electrons.